The zero-order valence-corrected chi connectivity index (χ0v) is 9.30. The van der Waals surface area contributed by atoms with Gasteiger partial charge in [0, 0.05) is 12.8 Å². The molecule has 0 aromatic heterocycles. The van der Waals surface area contributed by atoms with E-state index in [1.165, 1.54) is 6.07 Å². The first-order chi connectivity index (χ1) is 8.18. The molecule has 0 unspecified atom stereocenters. The number of hydrogen-bond donors (Lipinski definition) is 1. The third kappa shape index (κ3) is 2.65. The maximum atomic E-state index is 10.9. The van der Waals surface area contributed by atoms with Crippen molar-refractivity contribution in [2.75, 3.05) is 18.9 Å². The van der Waals surface area contributed by atoms with Crippen LogP contribution in [0, 0.1) is 10.1 Å². The molecule has 1 aromatic rings. The molecule has 2 rings (SSSR count). The smallest absolute Gasteiger partial charge is 0.333 e. The molecule has 0 saturated carbocycles. The summed E-state index contributed by atoms with van der Waals surface area (Å²) in [4.78, 5) is 10.4. The second-order valence-electron chi connectivity index (χ2n) is 3.88. The van der Waals surface area contributed by atoms with E-state index in [0.717, 1.165) is 12.8 Å². The van der Waals surface area contributed by atoms with Gasteiger partial charge in [0.1, 0.15) is 11.8 Å². The lowest BCUT2D eigenvalue weighted by molar-refractivity contribution is -0.385. The van der Waals surface area contributed by atoms with Crippen LogP contribution in [0.4, 0.5) is 11.4 Å². The van der Waals surface area contributed by atoms with Crippen molar-refractivity contribution >= 4 is 11.4 Å². The first-order valence-electron chi connectivity index (χ1n) is 5.46. The molecular weight excluding hydrogens is 224 g/mol. The Morgan fingerprint density at radius 2 is 2.12 bits per heavy atom. The van der Waals surface area contributed by atoms with Crippen molar-refractivity contribution in [2.45, 2.75) is 18.9 Å². The molecule has 0 amide bonds. The Bertz CT molecular complexity index is 416. The summed E-state index contributed by atoms with van der Waals surface area (Å²) in [5, 5.41) is 10.9. The van der Waals surface area contributed by atoms with Gasteiger partial charge in [-0.15, -0.1) is 0 Å². The van der Waals surface area contributed by atoms with E-state index in [9.17, 15) is 10.1 Å². The predicted octanol–water partition coefficient (Wildman–Crippen LogP) is 1.73. The van der Waals surface area contributed by atoms with E-state index in [0.29, 0.717) is 13.2 Å². The van der Waals surface area contributed by atoms with Gasteiger partial charge in [0.2, 0.25) is 0 Å². The highest BCUT2D eigenvalue weighted by Crippen LogP contribution is 2.34. The Morgan fingerprint density at radius 1 is 1.41 bits per heavy atom. The van der Waals surface area contributed by atoms with Gasteiger partial charge in [-0.3, -0.25) is 10.1 Å². The molecule has 1 saturated heterocycles. The average molecular weight is 238 g/mol. The number of nitrogen functional groups attached to an aromatic ring is 1. The van der Waals surface area contributed by atoms with Crippen LogP contribution in [-0.2, 0) is 4.74 Å². The van der Waals surface area contributed by atoms with Crippen LogP contribution in [0.2, 0.25) is 0 Å². The minimum atomic E-state index is -0.510. The number of nitrogens with zero attached hydrogens (tertiary/aromatic N) is 1. The average Bonchev–Trinajstić information content (AvgIpc) is 2.30. The van der Waals surface area contributed by atoms with Crippen molar-refractivity contribution in [3.8, 4) is 5.75 Å². The van der Waals surface area contributed by atoms with Crippen molar-refractivity contribution in [3.05, 3.63) is 28.3 Å². The van der Waals surface area contributed by atoms with E-state index in [4.69, 9.17) is 15.2 Å². The Morgan fingerprint density at radius 3 is 2.76 bits per heavy atom. The summed E-state index contributed by atoms with van der Waals surface area (Å²) in [5.41, 5.74) is 5.55. The van der Waals surface area contributed by atoms with Crippen molar-refractivity contribution in [1.82, 2.24) is 0 Å². The second kappa shape index (κ2) is 5.01. The molecular formula is C11H14N2O4. The van der Waals surface area contributed by atoms with E-state index >= 15 is 0 Å². The van der Waals surface area contributed by atoms with Gasteiger partial charge in [-0.2, -0.15) is 0 Å². The van der Waals surface area contributed by atoms with E-state index in [1.54, 1.807) is 12.1 Å². The number of nitro benzene ring substituents is 1. The number of para-hydroxylation sites is 1. The number of nitro groups is 1. The Balaban J connectivity index is 2.19. The summed E-state index contributed by atoms with van der Waals surface area (Å²) in [5.74, 6) is 0.238. The minimum Gasteiger partial charge on any atom is -0.483 e. The molecule has 0 atom stereocenters. The van der Waals surface area contributed by atoms with Gasteiger partial charge in [0.25, 0.3) is 0 Å². The largest absolute Gasteiger partial charge is 0.483 e. The highest BCUT2D eigenvalue weighted by Gasteiger charge is 2.23. The van der Waals surface area contributed by atoms with E-state index in [-0.39, 0.29) is 23.2 Å². The van der Waals surface area contributed by atoms with Crippen molar-refractivity contribution in [3.63, 3.8) is 0 Å². The number of benzene rings is 1. The standard InChI is InChI=1S/C11H14N2O4/c12-9-2-1-3-10(11(9)13(14)15)17-8-4-6-16-7-5-8/h1-3,8H,4-7,12H2. The van der Waals surface area contributed by atoms with Gasteiger partial charge >= 0.3 is 5.69 Å². The molecule has 1 aromatic carbocycles. The maximum absolute atomic E-state index is 10.9. The molecule has 6 nitrogen and oxygen atoms in total. The number of hydrogen-bond acceptors (Lipinski definition) is 5. The molecule has 17 heavy (non-hydrogen) atoms. The van der Waals surface area contributed by atoms with Crippen molar-refractivity contribution < 1.29 is 14.4 Å². The first kappa shape index (κ1) is 11.7. The summed E-state index contributed by atoms with van der Waals surface area (Å²) >= 11 is 0. The summed E-state index contributed by atoms with van der Waals surface area (Å²) in [6.07, 6.45) is 1.45. The summed E-state index contributed by atoms with van der Waals surface area (Å²) in [7, 11) is 0. The van der Waals surface area contributed by atoms with E-state index in [2.05, 4.69) is 0 Å². The third-order valence-corrected chi connectivity index (χ3v) is 2.67. The lowest BCUT2D eigenvalue weighted by Crippen LogP contribution is -2.26. The molecule has 6 heteroatoms. The van der Waals surface area contributed by atoms with Crippen LogP contribution < -0.4 is 10.5 Å². The quantitative estimate of drug-likeness (QED) is 0.492. The molecule has 1 aliphatic heterocycles. The summed E-state index contributed by atoms with van der Waals surface area (Å²) in [6.45, 7) is 1.25. The highest BCUT2D eigenvalue weighted by molar-refractivity contribution is 5.65. The van der Waals surface area contributed by atoms with E-state index in [1.807, 2.05) is 0 Å². The third-order valence-electron chi connectivity index (χ3n) is 2.67. The number of ether oxygens (including phenoxy) is 2. The lowest BCUT2D eigenvalue weighted by atomic mass is 10.1. The molecule has 1 aliphatic rings. The molecule has 0 spiro atoms. The van der Waals surface area contributed by atoms with Crippen LogP contribution in [0.1, 0.15) is 12.8 Å². The van der Waals surface area contributed by atoms with Gasteiger partial charge in [-0.25, -0.2) is 0 Å². The topological polar surface area (TPSA) is 87.6 Å². The molecule has 92 valence electrons. The van der Waals surface area contributed by atoms with Gasteiger partial charge in [-0.05, 0) is 12.1 Å². The highest BCUT2D eigenvalue weighted by atomic mass is 16.6. The van der Waals surface area contributed by atoms with Crippen LogP contribution in [-0.4, -0.2) is 24.2 Å². The molecule has 0 aliphatic carbocycles. The van der Waals surface area contributed by atoms with Gasteiger partial charge in [-0.1, -0.05) is 6.07 Å². The zero-order chi connectivity index (χ0) is 12.3. The molecule has 1 heterocycles. The van der Waals surface area contributed by atoms with Gasteiger partial charge in [0.05, 0.1) is 18.1 Å². The summed E-state index contributed by atoms with van der Waals surface area (Å²) in [6, 6.07) is 4.72. The number of anilines is 1. The van der Waals surface area contributed by atoms with Crippen molar-refractivity contribution in [1.29, 1.82) is 0 Å². The summed E-state index contributed by atoms with van der Waals surface area (Å²) < 4.78 is 10.8. The van der Waals surface area contributed by atoms with Crippen LogP contribution >= 0.6 is 0 Å². The SMILES string of the molecule is Nc1cccc(OC2CCOCC2)c1[N+](=O)[O-]. The fraction of sp³-hybridized carbons (Fsp3) is 0.455. The van der Waals surface area contributed by atoms with Crippen LogP contribution in [0.3, 0.4) is 0 Å². The van der Waals surface area contributed by atoms with Gasteiger partial charge in [0.15, 0.2) is 5.75 Å². The molecule has 0 radical (unpaired) electrons. The maximum Gasteiger partial charge on any atom is 0.333 e. The second-order valence-corrected chi connectivity index (χ2v) is 3.88. The fourth-order valence-corrected chi connectivity index (χ4v) is 1.80. The minimum absolute atomic E-state index is 0.0377. The Kier molecular flexibility index (Phi) is 3.43. The molecule has 0 bridgehead atoms. The van der Waals surface area contributed by atoms with Crippen LogP contribution in [0.5, 0.6) is 5.75 Å². The zero-order valence-electron chi connectivity index (χ0n) is 9.30. The molecule has 2 N–H and O–H groups in total. The van der Waals surface area contributed by atoms with Crippen LogP contribution in [0.25, 0.3) is 0 Å². The normalized spacial score (nSPS) is 16.7. The fourth-order valence-electron chi connectivity index (χ4n) is 1.80. The first-order valence-corrected chi connectivity index (χ1v) is 5.46. The lowest BCUT2D eigenvalue weighted by Gasteiger charge is -2.23. The Labute approximate surface area is 98.5 Å². The van der Waals surface area contributed by atoms with Crippen LogP contribution in [0.15, 0.2) is 18.2 Å². The molecule has 1 fully saturated rings. The number of nitrogens with two attached hydrogens (primary N) is 1. The number of rotatable bonds is 3. The Hall–Kier alpha value is -1.82. The van der Waals surface area contributed by atoms with Crippen molar-refractivity contribution in [2.24, 2.45) is 0 Å². The van der Waals surface area contributed by atoms with E-state index < -0.39 is 4.92 Å². The predicted molar refractivity (Wildman–Crippen MR) is 62.0 cm³/mol. The van der Waals surface area contributed by atoms with Gasteiger partial charge < -0.3 is 15.2 Å². The monoisotopic (exact) mass is 238 g/mol.